The third kappa shape index (κ3) is 6.46. The molecule has 1 amide bonds. The van der Waals surface area contributed by atoms with Crippen molar-refractivity contribution < 1.29 is 23.9 Å². The number of amides is 1. The first-order valence-electron chi connectivity index (χ1n) is 12.0. The molecule has 0 aliphatic heterocycles. The zero-order chi connectivity index (χ0) is 24.8. The highest BCUT2D eigenvalue weighted by atomic mass is 16.5. The van der Waals surface area contributed by atoms with Crippen LogP contribution < -0.4 is 5.32 Å². The molecule has 6 nitrogen and oxygen atoms in total. The summed E-state index contributed by atoms with van der Waals surface area (Å²) >= 11 is 0. The summed E-state index contributed by atoms with van der Waals surface area (Å²) in [5.74, 6) is -0.525. The maximum absolute atomic E-state index is 13.0. The molecule has 0 saturated heterocycles. The smallest absolute Gasteiger partial charge is 0.339 e. The van der Waals surface area contributed by atoms with Gasteiger partial charge in [0.1, 0.15) is 6.10 Å². The van der Waals surface area contributed by atoms with Crippen LogP contribution in [0.15, 0.2) is 42.5 Å². The predicted molar refractivity (Wildman–Crippen MR) is 132 cm³/mol. The van der Waals surface area contributed by atoms with Gasteiger partial charge in [0.15, 0.2) is 6.61 Å². The molecule has 0 unspecified atom stereocenters. The van der Waals surface area contributed by atoms with E-state index in [2.05, 4.69) is 26.1 Å². The normalized spacial score (nSPS) is 20.0. The Labute approximate surface area is 202 Å². The number of hydrogen-bond donors (Lipinski definition) is 1. The van der Waals surface area contributed by atoms with Crippen LogP contribution in [-0.4, -0.2) is 30.6 Å². The summed E-state index contributed by atoms with van der Waals surface area (Å²) in [7, 11) is 0. The molecule has 1 saturated carbocycles. The lowest BCUT2D eigenvalue weighted by molar-refractivity contribution is -0.119. The molecule has 0 radical (unpaired) electrons. The van der Waals surface area contributed by atoms with Gasteiger partial charge in [0.25, 0.3) is 5.91 Å². The molecule has 1 aliphatic rings. The molecule has 6 heteroatoms. The van der Waals surface area contributed by atoms with Crippen molar-refractivity contribution in [3.8, 4) is 0 Å². The van der Waals surface area contributed by atoms with Crippen LogP contribution in [0.2, 0.25) is 0 Å². The molecule has 0 bridgehead atoms. The quantitative estimate of drug-likeness (QED) is 0.529. The Hall–Kier alpha value is -3.15. The largest absolute Gasteiger partial charge is 0.458 e. The zero-order valence-electron chi connectivity index (χ0n) is 20.7. The molecule has 182 valence electrons. The summed E-state index contributed by atoms with van der Waals surface area (Å²) in [5.41, 5.74) is 3.05. The minimum absolute atomic E-state index is 0.0939. The van der Waals surface area contributed by atoms with E-state index in [1.807, 2.05) is 26.0 Å². The van der Waals surface area contributed by atoms with E-state index in [1.165, 1.54) is 6.07 Å². The summed E-state index contributed by atoms with van der Waals surface area (Å²) in [6.07, 6.45) is 2.80. The molecule has 1 aliphatic carbocycles. The Morgan fingerprint density at radius 1 is 0.971 bits per heavy atom. The first-order valence-corrected chi connectivity index (χ1v) is 12.0. The van der Waals surface area contributed by atoms with Crippen LogP contribution in [0.3, 0.4) is 0 Å². The Balaban J connectivity index is 1.64. The number of benzene rings is 2. The lowest BCUT2D eigenvalue weighted by Crippen LogP contribution is -2.36. The van der Waals surface area contributed by atoms with Gasteiger partial charge in [-0.2, -0.15) is 0 Å². The third-order valence-corrected chi connectivity index (χ3v) is 6.71. The molecular formula is C28H35NO5. The molecule has 2 aromatic carbocycles. The fourth-order valence-electron chi connectivity index (χ4n) is 4.52. The van der Waals surface area contributed by atoms with Gasteiger partial charge in [-0.3, -0.25) is 4.79 Å². The van der Waals surface area contributed by atoms with Gasteiger partial charge < -0.3 is 14.8 Å². The number of ether oxygens (including phenoxy) is 2. The van der Waals surface area contributed by atoms with E-state index in [-0.39, 0.29) is 17.2 Å². The van der Waals surface area contributed by atoms with E-state index in [1.54, 1.807) is 24.3 Å². The van der Waals surface area contributed by atoms with Gasteiger partial charge in [0.05, 0.1) is 11.1 Å². The summed E-state index contributed by atoms with van der Waals surface area (Å²) in [4.78, 5) is 38.1. The topological polar surface area (TPSA) is 81.7 Å². The van der Waals surface area contributed by atoms with Gasteiger partial charge in [-0.05, 0) is 79.8 Å². The van der Waals surface area contributed by atoms with Gasteiger partial charge in [0, 0.05) is 5.69 Å². The van der Waals surface area contributed by atoms with Crippen LogP contribution in [0, 0.1) is 31.6 Å². The van der Waals surface area contributed by atoms with E-state index in [4.69, 9.17) is 9.47 Å². The van der Waals surface area contributed by atoms with Crippen molar-refractivity contribution in [1.29, 1.82) is 0 Å². The monoisotopic (exact) mass is 465 g/mol. The second kappa shape index (κ2) is 11.3. The second-order valence-corrected chi connectivity index (χ2v) is 9.74. The Morgan fingerprint density at radius 3 is 2.29 bits per heavy atom. The van der Waals surface area contributed by atoms with E-state index >= 15 is 0 Å². The minimum Gasteiger partial charge on any atom is -0.458 e. The number of hydrogen-bond acceptors (Lipinski definition) is 5. The minimum atomic E-state index is -0.736. The summed E-state index contributed by atoms with van der Waals surface area (Å²) < 4.78 is 11.1. The average molecular weight is 466 g/mol. The first kappa shape index (κ1) is 25.5. The highest BCUT2D eigenvalue weighted by Gasteiger charge is 2.34. The van der Waals surface area contributed by atoms with Crippen LogP contribution in [0.5, 0.6) is 0 Å². The van der Waals surface area contributed by atoms with Crippen LogP contribution in [0.4, 0.5) is 5.69 Å². The van der Waals surface area contributed by atoms with Gasteiger partial charge in [-0.25, -0.2) is 9.59 Å². The van der Waals surface area contributed by atoms with Crippen molar-refractivity contribution in [2.75, 3.05) is 11.9 Å². The van der Waals surface area contributed by atoms with Gasteiger partial charge in [-0.15, -0.1) is 0 Å². The average Bonchev–Trinajstić information content (AvgIpc) is 2.79. The van der Waals surface area contributed by atoms with Crippen molar-refractivity contribution in [1.82, 2.24) is 0 Å². The molecule has 0 aromatic heterocycles. The molecule has 0 spiro atoms. The van der Waals surface area contributed by atoms with Crippen LogP contribution in [-0.2, 0) is 14.3 Å². The molecule has 1 fully saturated rings. The van der Waals surface area contributed by atoms with Crippen LogP contribution in [0.1, 0.15) is 71.9 Å². The SMILES string of the molecule is Cc1ccc(NC(=O)COC(=O)c2ccccc2C(=O)O[C@@H]2C[C@@H](C)CC[C@H]2C(C)C)cc1C. The number of nitrogens with one attached hydrogen (secondary N) is 1. The van der Waals surface area contributed by atoms with E-state index in [0.717, 1.165) is 30.4 Å². The van der Waals surface area contributed by atoms with Crippen molar-refractivity contribution in [2.45, 2.75) is 60.0 Å². The number of carbonyl (C=O) groups excluding carboxylic acids is 3. The molecule has 34 heavy (non-hydrogen) atoms. The number of carbonyl (C=O) groups is 3. The molecule has 2 aromatic rings. The van der Waals surface area contributed by atoms with Gasteiger partial charge in [-0.1, -0.05) is 45.4 Å². The van der Waals surface area contributed by atoms with Crippen molar-refractivity contribution in [3.63, 3.8) is 0 Å². The maximum Gasteiger partial charge on any atom is 0.339 e. The van der Waals surface area contributed by atoms with E-state index in [0.29, 0.717) is 23.4 Å². The molecule has 3 atom stereocenters. The molecule has 0 heterocycles. The highest BCUT2D eigenvalue weighted by molar-refractivity contribution is 6.04. The fraction of sp³-hybridized carbons (Fsp3) is 0.464. The zero-order valence-corrected chi connectivity index (χ0v) is 20.7. The Kier molecular flexibility index (Phi) is 8.48. The predicted octanol–water partition coefficient (Wildman–Crippen LogP) is 5.72. The summed E-state index contributed by atoms with van der Waals surface area (Å²) in [5, 5.41) is 2.72. The van der Waals surface area contributed by atoms with Gasteiger partial charge in [0.2, 0.25) is 0 Å². The van der Waals surface area contributed by atoms with Crippen molar-refractivity contribution >= 4 is 23.5 Å². The van der Waals surface area contributed by atoms with E-state index < -0.39 is 24.5 Å². The fourth-order valence-corrected chi connectivity index (χ4v) is 4.52. The standard InChI is InChI=1S/C28H35NO5/c1-17(2)22-13-10-18(3)14-25(22)34-28(32)24-9-7-6-8-23(24)27(31)33-16-26(30)29-21-12-11-19(4)20(5)15-21/h6-9,11-12,15,17-18,22,25H,10,13-14,16H2,1-5H3,(H,29,30)/t18-,22-,25+/m0/s1. The Morgan fingerprint density at radius 2 is 1.65 bits per heavy atom. The number of esters is 2. The van der Waals surface area contributed by atoms with E-state index in [9.17, 15) is 14.4 Å². The summed E-state index contributed by atoms with van der Waals surface area (Å²) in [6.45, 7) is 9.96. The maximum atomic E-state index is 13.0. The molecule has 1 N–H and O–H groups in total. The van der Waals surface area contributed by atoms with Gasteiger partial charge >= 0.3 is 11.9 Å². The number of rotatable bonds is 7. The van der Waals surface area contributed by atoms with Crippen LogP contribution in [0.25, 0.3) is 0 Å². The second-order valence-electron chi connectivity index (χ2n) is 9.74. The first-order chi connectivity index (χ1) is 16.2. The Bertz CT molecular complexity index is 1040. The molecule has 3 rings (SSSR count). The number of anilines is 1. The lowest BCUT2D eigenvalue weighted by Gasteiger charge is -2.36. The third-order valence-electron chi connectivity index (χ3n) is 6.71. The molecular weight excluding hydrogens is 430 g/mol. The highest BCUT2D eigenvalue weighted by Crippen LogP contribution is 2.35. The number of aryl methyl sites for hydroxylation is 2. The van der Waals surface area contributed by atoms with Crippen molar-refractivity contribution in [3.05, 3.63) is 64.7 Å². The lowest BCUT2D eigenvalue weighted by atomic mass is 9.75. The summed E-state index contributed by atoms with van der Waals surface area (Å²) in [6, 6.07) is 12.0. The van der Waals surface area contributed by atoms with Crippen molar-refractivity contribution in [2.24, 2.45) is 17.8 Å². The van der Waals surface area contributed by atoms with Crippen LogP contribution >= 0.6 is 0 Å².